The largest absolute Gasteiger partial charge is 0.394 e. The van der Waals surface area contributed by atoms with Gasteiger partial charge in [-0.3, -0.25) is 0 Å². The number of aliphatic hydroxyl groups excluding tert-OH is 1. The van der Waals surface area contributed by atoms with Crippen LogP contribution in [-0.4, -0.2) is 17.8 Å². The molecule has 0 aliphatic rings. The minimum atomic E-state index is -0.548. The average molecular weight is 222 g/mol. The number of anilines is 1. The zero-order chi connectivity index (χ0) is 12.1. The van der Waals surface area contributed by atoms with Crippen LogP contribution >= 0.6 is 0 Å². The van der Waals surface area contributed by atoms with Crippen LogP contribution in [0, 0.1) is 23.1 Å². The molecule has 0 heterocycles. The predicted octanol–water partition coefficient (Wildman–Crippen LogP) is 2.13. The summed E-state index contributed by atoms with van der Waals surface area (Å²) in [4.78, 5) is 0. The van der Waals surface area contributed by atoms with Crippen molar-refractivity contribution >= 4 is 5.69 Å². The zero-order valence-corrected chi connectivity index (χ0v) is 9.37. The van der Waals surface area contributed by atoms with E-state index in [0.717, 1.165) is 0 Å². The summed E-state index contributed by atoms with van der Waals surface area (Å²) in [5.41, 5.74) is 0.414. The molecule has 1 aromatic rings. The number of benzene rings is 1. The van der Waals surface area contributed by atoms with E-state index in [1.807, 2.05) is 19.9 Å². The van der Waals surface area contributed by atoms with Crippen molar-refractivity contribution in [3.8, 4) is 6.07 Å². The van der Waals surface area contributed by atoms with Crippen LogP contribution < -0.4 is 5.32 Å². The molecule has 0 spiro atoms. The molecule has 1 rings (SSSR count). The van der Waals surface area contributed by atoms with Gasteiger partial charge >= 0.3 is 0 Å². The SMILES string of the molecule is CC(C)C(CO)Nc1cccc(F)c1C#N. The van der Waals surface area contributed by atoms with Gasteiger partial charge in [-0.2, -0.15) is 5.26 Å². The highest BCUT2D eigenvalue weighted by molar-refractivity contribution is 5.58. The number of nitriles is 1. The Morgan fingerprint density at radius 1 is 1.50 bits per heavy atom. The summed E-state index contributed by atoms with van der Waals surface area (Å²) in [6, 6.07) is 6.04. The molecule has 3 nitrogen and oxygen atoms in total. The van der Waals surface area contributed by atoms with E-state index in [-0.39, 0.29) is 24.1 Å². The molecule has 16 heavy (non-hydrogen) atoms. The molecule has 1 aromatic carbocycles. The van der Waals surface area contributed by atoms with E-state index in [4.69, 9.17) is 10.4 Å². The molecule has 1 unspecified atom stereocenters. The topological polar surface area (TPSA) is 56.0 Å². The van der Waals surface area contributed by atoms with Crippen LogP contribution in [0.4, 0.5) is 10.1 Å². The number of hydrogen-bond donors (Lipinski definition) is 2. The van der Waals surface area contributed by atoms with Gasteiger partial charge in [0.05, 0.1) is 18.3 Å². The molecular formula is C12H15FN2O. The minimum absolute atomic E-state index is 0.0124. The lowest BCUT2D eigenvalue weighted by Gasteiger charge is -2.21. The van der Waals surface area contributed by atoms with Crippen LogP contribution in [0.25, 0.3) is 0 Å². The first kappa shape index (κ1) is 12.5. The molecule has 0 aromatic heterocycles. The van der Waals surface area contributed by atoms with E-state index in [1.165, 1.54) is 12.1 Å². The van der Waals surface area contributed by atoms with Crippen molar-refractivity contribution in [1.29, 1.82) is 5.26 Å². The third-order valence-corrected chi connectivity index (χ3v) is 2.47. The highest BCUT2D eigenvalue weighted by atomic mass is 19.1. The van der Waals surface area contributed by atoms with Crippen molar-refractivity contribution in [3.05, 3.63) is 29.6 Å². The Labute approximate surface area is 94.5 Å². The average Bonchev–Trinajstić information content (AvgIpc) is 2.25. The molecule has 0 amide bonds. The van der Waals surface area contributed by atoms with Crippen molar-refractivity contribution in [2.45, 2.75) is 19.9 Å². The Bertz CT molecular complexity index is 398. The number of nitrogens with one attached hydrogen (secondary N) is 1. The number of hydrogen-bond acceptors (Lipinski definition) is 3. The first-order chi connectivity index (χ1) is 7.60. The lowest BCUT2D eigenvalue weighted by molar-refractivity contribution is 0.249. The summed E-state index contributed by atoms with van der Waals surface area (Å²) in [6.45, 7) is 3.83. The zero-order valence-electron chi connectivity index (χ0n) is 9.37. The minimum Gasteiger partial charge on any atom is -0.394 e. The molecule has 86 valence electrons. The van der Waals surface area contributed by atoms with Crippen molar-refractivity contribution in [2.24, 2.45) is 5.92 Å². The maximum Gasteiger partial charge on any atom is 0.143 e. The Morgan fingerprint density at radius 3 is 2.69 bits per heavy atom. The van der Waals surface area contributed by atoms with Gasteiger partial charge in [0.25, 0.3) is 0 Å². The predicted molar refractivity (Wildman–Crippen MR) is 60.4 cm³/mol. The second-order valence-corrected chi connectivity index (χ2v) is 3.95. The van der Waals surface area contributed by atoms with E-state index < -0.39 is 5.82 Å². The van der Waals surface area contributed by atoms with Crippen LogP contribution in [-0.2, 0) is 0 Å². The van der Waals surface area contributed by atoms with Gasteiger partial charge in [-0.25, -0.2) is 4.39 Å². The van der Waals surface area contributed by atoms with Gasteiger partial charge in [-0.05, 0) is 18.1 Å². The summed E-state index contributed by atoms with van der Waals surface area (Å²) in [5.74, 6) is -0.354. The van der Waals surface area contributed by atoms with Crippen LogP contribution in [0.3, 0.4) is 0 Å². The fraction of sp³-hybridized carbons (Fsp3) is 0.417. The van der Waals surface area contributed by atoms with Gasteiger partial charge in [0.1, 0.15) is 17.4 Å². The molecule has 0 saturated heterocycles. The third kappa shape index (κ3) is 2.71. The summed E-state index contributed by atoms with van der Waals surface area (Å²) in [5, 5.41) is 21.0. The van der Waals surface area contributed by atoms with Crippen molar-refractivity contribution in [2.75, 3.05) is 11.9 Å². The van der Waals surface area contributed by atoms with E-state index in [9.17, 15) is 4.39 Å². The molecule has 0 saturated carbocycles. The highest BCUT2D eigenvalue weighted by Gasteiger charge is 2.15. The van der Waals surface area contributed by atoms with Crippen LogP contribution in [0.15, 0.2) is 18.2 Å². The van der Waals surface area contributed by atoms with Gasteiger partial charge < -0.3 is 10.4 Å². The first-order valence-electron chi connectivity index (χ1n) is 5.16. The maximum atomic E-state index is 13.3. The van der Waals surface area contributed by atoms with Crippen molar-refractivity contribution in [1.82, 2.24) is 0 Å². The molecule has 2 N–H and O–H groups in total. The second-order valence-electron chi connectivity index (χ2n) is 3.95. The summed E-state index contributed by atoms with van der Waals surface area (Å²) in [7, 11) is 0. The van der Waals surface area contributed by atoms with E-state index in [0.29, 0.717) is 5.69 Å². The smallest absolute Gasteiger partial charge is 0.143 e. The monoisotopic (exact) mass is 222 g/mol. The standard InChI is InChI=1S/C12H15FN2O/c1-8(2)12(7-16)15-11-5-3-4-10(13)9(11)6-14/h3-5,8,12,15-16H,7H2,1-2H3. The Kier molecular flexibility index (Phi) is 4.27. The number of aliphatic hydroxyl groups is 1. The molecule has 0 aliphatic carbocycles. The van der Waals surface area contributed by atoms with Gasteiger partial charge in [-0.1, -0.05) is 19.9 Å². The molecule has 1 atom stereocenters. The second kappa shape index (κ2) is 5.47. The number of halogens is 1. The first-order valence-corrected chi connectivity index (χ1v) is 5.16. The quantitative estimate of drug-likeness (QED) is 0.820. The van der Waals surface area contributed by atoms with Crippen molar-refractivity contribution < 1.29 is 9.50 Å². The van der Waals surface area contributed by atoms with Crippen LogP contribution in [0.2, 0.25) is 0 Å². The fourth-order valence-corrected chi connectivity index (χ4v) is 1.38. The third-order valence-electron chi connectivity index (χ3n) is 2.47. The number of nitrogens with zero attached hydrogens (tertiary/aromatic N) is 1. The van der Waals surface area contributed by atoms with Crippen LogP contribution in [0.1, 0.15) is 19.4 Å². The lowest BCUT2D eigenvalue weighted by Crippen LogP contribution is -2.29. The highest BCUT2D eigenvalue weighted by Crippen LogP contribution is 2.20. The molecule has 4 heteroatoms. The van der Waals surface area contributed by atoms with E-state index in [1.54, 1.807) is 6.07 Å². The van der Waals surface area contributed by atoms with E-state index >= 15 is 0 Å². The number of rotatable bonds is 4. The maximum absolute atomic E-state index is 13.3. The molecule has 0 bridgehead atoms. The fourth-order valence-electron chi connectivity index (χ4n) is 1.38. The summed E-state index contributed by atoms with van der Waals surface area (Å²) >= 11 is 0. The van der Waals surface area contributed by atoms with Crippen molar-refractivity contribution in [3.63, 3.8) is 0 Å². The van der Waals surface area contributed by atoms with Gasteiger partial charge in [-0.15, -0.1) is 0 Å². The lowest BCUT2D eigenvalue weighted by atomic mass is 10.0. The molecular weight excluding hydrogens is 207 g/mol. The van der Waals surface area contributed by atoms with Gasteiger partial charge in [0.15, 0.2) is 0 Å². The summed E-state index contributed by atoms with van der Waals surface area (Å²) < 4.78 is 13.3. The molecule has 0 aliphatic heterocycles. The Hall–Kier alpha value is -1.60. The normalized spacial score (nSPS) is 12.2. The van der Waals surface area contributed by atoms with E-state index in [2.05, 4.69) is 5.32 Å². The summed E-state index contributed by atoms with van der Waals surface area (Å²) in [6.07, 6.45) is 0. The Balaban J connectivity index is 2.97. The van der Waals surface area contributed by atoms with Crippen LogP contribution in [0.5, 0.6) is 0 Å². The Morgan fingerprint density at radius 2 is 2.19 bits per heavy atom. The van der Waals surface area contributed by atoms with Gasteiger partial charge in [0.2, 0.25) is 0 Å². The molecule has 0 fully saturated rings. The van der Waals surface area contributed by atoms with Gasteiger partial charge in [0, 0.05) is 0 Å². The molecule has 0 radical (unpaired) electrons.